The number of carbonyl (C=O) groups is 1. The number of unbranched alkanes of at least 4 members (excludes halogenated alkanes) is 1. The van der Waals surface area contributed by atoms with Crippen molar-refractivity contribution in [3.8, 4) is 0 Å². The molecule has 4 heteroatoms. The molecule has 0 saturated heterocycles. The van der Waals surface area contributed by atoms with Gasteiger partial charge in [-0.3, -0.25) is 0 Å². The average Bonchev–Trinajstić information content (AvgIpc) is 1.82. The van der Waals surface area contributed by atoms with Crippen molar-refractivity contribution in [2.75, 3.05) is 0 Å². The Morgan fingerprint density at radius 1 is 1.60 bits per heavy atom. The van der Waals surface area contributed by atoms with E-state index in [1.54, 1.807) is 0 Å². The first kappa shape index (κ1) is 10.1. The fourth-order valence-electron chi connectivity index (χ4n) is 0.532. The Balaban J connectivity index is 3.35. The molecule has 0 heterocycles. The SMILES string of the molecule is CCCCC(=O)[O][Sn]([CH3])=[O]. The zero-order chi connectivity index (χ0) is 7.98. The van der Waals surface area contributed by atoms with Gasteiger partial charge in [-0.2, -0.15) is 0 Å². The Morgan fingerprint density at radius 3 is 2.60 bits per heavy atom. The molecule has 0 aromatic rings. The molecule has 0 unspecified atom stereocenters. The van der Waals surface area contributed by atoms with Gasteiger partial charge in [0.1, 0.15) is 0 Å². The monoisotopic (exact) mass is 252 g/mol. The molecule has 0 aromatic heterocycles. The van der Waals surface area contributed by atoms with Gasteiger partial charge in [0.2, 0.25) is 0 Å². The first-order valence-electron chi connectivity index (χ1n) is 3.38. The first-order valence-corrected chi connectivity index (χ1v) is 8.56. The Hall–Kier alpha value is 0.0687. The summed E-state index contributed by atoms with van der Waals surface area (Å²) in [4.78, 5) is 12.1. The van der Waals surface area contributed by atoms with Crippen LogP contribution < -0.4 is 0 Å². The third-order valence-corrected chi connectivity index (χ3v) is 2.46. The molecule has 0 aromatic carbocycles. The molecule has 58 valence electrons. The average molecular weight is 251 g/mol. The molecule has 0 radical (unpaired) electrons. The Labute approximate surface area is 68.4 Å². The van der Waals surface area contributed by atoms with E-state index < -0.39 is 20.2 Å². The maximum absolute atomic E-state index is 10.6. The molecular formula is C6H12O3Sn. The van der Waals surface area contributed by atoms with E-state index in [1.807, 2.05) is 6.92 Å². The van der Waals surface area contributed by atoms with Gasteiger partial charge in [-0.25, -0.2) is 0 Å². The van der Waals surface area contributed by atoms with Crippen LogP contribution in [0.15, 0.2) is 0 Å². The molecule has 0 aliphatic heterocycles. The third-order valence-electron chi connectivity index (χ3n) is 0.992. The fraction of sp³-hybridized carbons (Fsp3) is 0.833. The van der Waals surface area contributed by atoms with Crippen LogP contribution in [-0.4, -0.2) is 26.1 Å². The van der Waals surface area contributed by atoms with Crippen LogP contribution in [0.25, 0.3) is 0 Å². The second-order valence-electron chi connectivity index (χ2n) is 2.07. The van der Waals surface area contributed by atoms with Gasteiger partial charge in [0.05, 0.1) is 0 Å². The summed E-state index contributed by atoms with van der Waals surface area (Å²) in [7, 11) is 0. The van der Waals surface area contributed by atoms with Gasteiger partial charge in [0, 0.05) is 0 Å². The summed E-state index contributed by atoms with van der Waals surface area (Å²) in [6.07, 6.45) is 2.21. The van der Waals surface area contributed by atoms with Crippen molar-refractivity contribution in [1.82, 2.24) is 0 Å². The quantitative estimate of drug-likeness (QED) is 0.706. The number of hydrogen-bond donors (Lipinski definition) is 0. The molecule has 0 N–H and O–H groups in total. The van der Waals surface area contributed by atoms with Crippen LogP contribution in [0.1, 0.15) is 26.2 Å². The molecule has 10 heavy (non-hydrogen) atoms. The van der Waals surface area contributed by atoms with Gasteiger partial charge < -0.3 is 0 Å². The van der Waals surface area contributed by atoms with Gasteiger partial charge in [-0.15, -0.1) is 0 Å². The van der Waals surface area contributed by atoms with Crippen LogP contribution in [0.4, 0.5) is 0 Å². The molecule has 0 amide bonds. The van der Waals surface area contributed by atoms with E-state index in [9.17, 15) is 7.87 Å². The van der Waals surface area contributed by atoms with Gasteiger partial charge in [-0.1, -0.05) is 0 Å². The summed E-state index contributed by atoms with van der Waals surface area (Å²) in [5.41, 5.74) is 0. The Bertz CT molecular complexity index is 133. The minimum atomic E-state index is -2.85. The molecule has 0 aliphatic carbocycles. The predicted octanol–water partition coefficient (Wildman–Crippen LogP) is 1.27. The summed E-state index contributed by atoms with van der Waals surface area (Å²) >= 11 is -2.85. The van der Waals surface area contributed by atoms with Gasteiger partial charge >= 0.3 is 68.2 Å². The van der Waals surface area contributed by atoms with Gasteiger partial charge in [-0.05, 0) is 0 Å². The molecule has 0 rings (SSSR count). The molecule has 0 atom stereocenters. The Kier molecular flexibility index (Phi) is 5.86. The molecule has 0 fully saturated rings. The summed E-state index contributed by atoms with van der Waals surface area (Å²) < 4.78 is 15.0. The third kappa shape index (κ3) is 6.19. The summed E-state index contributed by atoms with van der Waals surface area (Å²) in [6, 6.07) is 0. The normalized spacial score (nSPS) is 9.00. The van der Waals surface area contributed by atoms with E-state index in [0.29, 0.717) is 6.42 Å². The maximum atomic E-state index is 10.6. The number of carbonyl (C=O) groups excluding carboxylic acids is 1. The summed E-state index contributed by atoms with van der Waals surface area (Å²) in [5, 5.41) is 0. The van der Waals surface area contributed by atoms with Gasteiger partial charge in [0.15, 0.2) is 0 Å². The molecule has 0 saturated carbocycles. The molecule has 0 spiro atoms. The topological polar surface area (TPSA) is 43.4 Å². The van der Waals surface area contributed by atoms with E-state index in [4.69, 9.17) is 0 Å². The Morgan fingerprint density at radius 2 is 2.20 bits per heavy atom. The summed E-state index contributed by atoms with van der Waals surface area (Å²) in [6.45, 7) is 2.00. The van der Waals surface area contributed by atoms with Crippen LogP contribution in [0, 0.1) is 0 Å². The van der Waals surface area contributed by atoms with E-state index in [1.165, 1.54) is 4.94 Å². The molecular weight excluding hydrogens is 239 g/mol. The first-order chi connectivity index (χ1) is 4.66. The fourth-order valence-corrected chi connectivity index (χ4v) is 1.74. The second kappa shape index (κ2) is 5.82. The van der Waals surface area contributed by atoms with Crippen LogP contribution in [0.2, 0.25) is 4.94 Å². The zero-order valence-electron chi connectivity index (χ0n) is 6.35. The predicted molar refractivity (Wildman–Crippen MR) is 37.9 cm³/mol. The molecule has 3 nitrogen and oxygen atoms in total. The van der Waals surface area contributed by atoms with Crippen molar-refractivity contribution in [3.63, 3.8) is 0 Å². The van der Waals surface area contributed by atoms with Crippen molar-refractivity contribution in [2.24, 2.45) is 0 Å². The van der Waals surface area contributed by atoms with Crippen molar-refractivity contribution in [3.05, 3.63) is 0 Å². The van der Waals surface area contributed by atoms with E-state index >= 15 is 0 Å². The van der Waals surface area contributed by atoms with Crippen LogP contribution >= 0.6 is 0 Å². The van der Waals surface area contributed by atoms with Gasteiger partial charge in [0.25, 0.3) is 0 Å². The van der Waals surface area contributed by atoms with Crippen molar-refractivity contribution < 1.29 is 10.9 Å². The number of hydrogen-bond acceptors (Lipinski definition) is 3. The van der Waals surface area contributed by atoms with E-state index in [2.05, 4.69) is 3.07 Å². The molecule has 0 bridgehead atoms. The van der Waals surface area contributed by atoms with Crippen molar-refractivity contribution in [2.45, 2.75) is 31.1 Å². The minimum absolute atomic E-state index is 0.297. The van der Waals surface area contributed by atoms with Crippen molar-refractivity contribution >= 4 is 26.1 Å². The van der Waals surface area contributed by atoms with Crippen LogP contribution in [-0.2, 0) is 10.9 Å². The van der Waals surface area contributed by atoms with E-state index in [0.717, 1.165) is 12.8 Å². The van der Waals surface area contributed by atoms with E-state index in [-0.39, 0.29) is 5.97 Å². The summed E-state index contributed by atoms with van der Waals surface area (Å²) in [5.74, 6) is -0.297. The van der Waals surface area contributed by atoms with Crippen LogP contribution in [0.3, 0.4) is 0 Å². The van der Waals surface area contributed by atoms with Crippen LogP contribution in [0.5, 0.6) is 0 Å². The zero-order valence-corrected chi connectivity index (χ0v) is 9.20. The van der Waals surface area contributed by atoms with Crippen molar-refractivity contribution in [1.29, 1.82) is 0 Å². The second-order valence-corrected chi connectivity index (χ2v) is 5.46. The standard InChI is InChI=1S/C5H10O2.CH3.O.Sn/c1-2-3-4-5(6)7;;;/h2-4H2,1H3,(H,6,7);1H3;;/q;;;+1/p-1. The number of rotatable bonds is 4. The molecule has 0 aliphatic rings.